The SMILES string of the molecule is C=CCCCCCCCCCCCCCCCCCCC[N+](CCC(=O)O)(CCC(=O)O)CCC(=O)O. The van der Waals surface area contributed by atoms with Crippen molar-refractivity contribution in [2.45, 2.75) is 135 Å². The van der Waals surface area contributed by atoms with Gasteiger partial charge in [-0.2, -0.15) is 0 Å². The first-order chi connectivity index (χ1) is 17.8. The Labute approximate surface area is 225 Å². The molecular weight excluding hydrogens is 470 g/mol. The summed E-state index contributed by atoms with van der Waals surface area (Å²) >= 11 is 0. The van der Waals surface area contributed by atoms with E-state index in [1.165, 1.54) is 89.9 Å². The number of rotatable bonds is 29. The fourth-order valence-electron chi connectivity index (χ4n) is 5.06. The van der Waals surface area contributed by atoms with Crippen LogP contribution in [0.5, 0.6) is 0 Å². The van der Waals surface area contributed by atoms with Gasteiger partial charge in [0.25, 0.3) is 0 Å². The third kappa shape index (κ3) is 24.2. The van der Waals surface area contributed by atoms with Crippen molar-refractivity contribution in [3.8, 4) is 0 Å². The molecule has 0 aromatic heterocycles. The molecule has 0 spiro atoms. The second-order valence-corrected chi connectivity index (χ2v) is 10.8. The Bertz CT molecular complexity index is 561. The summed E-state index contributed by atoms with van der Waals surface area (Å²) in [5.41, 5.74) is 0. The van der Waals surface area contributed by atoms with Gasteiger partial charge in [-0.25, -0.2) is 0 Å². The van der Waals surface area contributed by atoms with Gasteiger partial charge in [0, 0.05) is 0 Å². The number of hydrogen-bond acceptors (Lipinski definition) is 3. The normalized spacial score (nSPS) is 11.5. The second-order valence-electron chi connectivity index (χ2n) is 10.8. The molecular formula is C30H56NO6+. The van der Waals surface area contributed by atoms with E-state index in [1.54, 1.807) is 0 Å². The maximum Gasteiger partial charge on any atom is 0.309 e. The maximum atomic E-state index is 11.1. The van der Waals surface area contributed by atoms with Crippen LogP contribution >= 0.6 is 0 Å². The van der Waals surface area contributed by atoms with Gasteiger partial charge in [-0.1, -0.05) is 96.0 Å². The molecule has 0 unspecified atom stereocenters. The molecule has 0 heterocycles. The van der Waals surface area contributed by atoms with Crippen molar-refractivity contribution < 1.29 is 34.2 Å². The van der Waals surface area contributed by atoms with Crippen LogP contribution in [-0.2, 0) is 14.4 Å². The van der Waals surface area contributed by atoms with E-state index in [-0.39, 0.29) is 43.4 Å². The average Bonchev–Trinajstić information content (AvgIpc) is 2.85. The van der Waals surface area contributed by atoms with Gasteiger partial charge in [-0.05, 0) is 25.7 Å². The lowest BCUT2D eigenvalue weighted by Crippen LogP contribution is -2.52. The molecule has 216 valence electrons. The first kappa shape index (κ1) is 35.1. The lowest BCUT2D eigenvalue weighted by atomic mass is 10.0. The second kappa shape index (κ2) is 24.4. The predicted molar refractivity (Wildman–Crippen MR) is 150 cm³/mol. The highest BCUT2D eigenvalue weighted by molar-refractivity contribution is 5.67. The highest BCUT2D eigenvalue weighted by atomic mass is 16.4. The molecule has 3 N–H and O–H groups in total. The minimum Gasteiger partial charge on any atom is -0.481 e. The third-order valence-corrected chi connectivity index (χ3v) is 7.44. The zero-order valence-electron chi connectivity index (χ0n) is 23.5. The summed E-state index contributed by atoms with van der Waals surface area (Å²) in [5, 5.41) is 27.4. The fourth-order valence-corrected chi connectivity index (χ4v) is 5.06. The fraction of sp³-hybridized carbons (Fsp3) is 0.833. The Hall–Kier alpha value is -1.89. The van der Waals surface area contributed by atoms with Crippen LogP contribution < -0.4 is 0 Å². The molecule has 0 aromatic carbocycles. The maximum absolute atomic E-state index is 11.1. The number of carboxylic acids is 3. The van der Waals surface area contributed by atoms with Crippen LogP contribution in [0.3, 0.4) is 0 Å². The van der Waals surface area contributed by atoms with Crippen LogP contribution in [0.15, 0.2) is 12.7 Å². The summed E-state index contributed by atoms with van der Waals surface area (Å²) in [5.74, 6) is -2.80. The summed E-state index contributed by atoms with van der Waals surface area (Å²) in [6, 6.07) is 0. The summed E-state index contributed by atoms with van der Waals surface area (Å²) in [7, 11) is 0. The topological polar surface area (TPSA) is 112 Å². The third-order valence-electron chi connectivity index (χ3n) is 7.44. The molecule has 0 amide bonds. The van der Waals surface area contributed by atoms with Gasteiger partial charge in [0.05, 0.1) is 45.4 Å². The number of hydrogen-bond donors (Lipinski definition) is 3. The Balaban J connectivity index is 3.90. The smallest absolute Gasteiger partial charge is 0.309 e. The van der Waals surface area contributed by atoms with E-state index in [9.17, 15) is 14.4 Å². The summed E-state index contributed by atoms with van der Waals surface area (Å²) < 4.78 is 0.265. The van der Waals surface area contributed by atoms with Gasteiger partial charge in [0.2, 0.25) is 0 Å². The highest BCUT2D eigenvalue weighted by Gasteiger charge is 2.29. The van der Waals surface area contributed by atoms with Crippen LogP contribution in [0.2, 0.25) is 0 Å². The molecule has 0 bridgehead atoms. The molecule has 0 fully saturated rings. The monoisotopic (exact) mass is 526 g/mol. The van der Waals surface area contributed by atoms with Gasteiger partial charge in [0.15, 0.2) is 0 Å². The molecule has 0 radical (unpaired) electrons. The zero-order chi connectivity index (χ0) is 27.6. The van der Waals surface area contributed by atoms with E-state index in [0.717, 1.165) is 25.7 Å². The number of nitrogens with zero attached hydrogens (tertiary/aromatic N) is 1. The molecule has 0 saturated heterocycles. The van der Waals surface area contributed by atoms with Crippen LogP contribution in [0.1, 0.15) is 135 Å². The van der Waals surface area contributed by atoms with Crippen molar-refractivity contribution in [3.05, 3.63) is 12.7 Å². The summed E-state index contributed by atoms with van der Waals surface area (Å²) in [6.07, 6.45) is 24.5. The Morgan fingerprint density at radius 2 is 0.730 bits per heavy atom. The predicted octanol–water partition coefficient (Wildman–Crippen LogP) is 7.44. The lowest BCUT2D eigenvalue weighted by Gasteiger charge is -2.38. The van der Waals surface area contributed by atoms with E-state index in [0.29, 0.717) is 6.54 Å². The van der Waals surface area contributed by atoms with Crippen LogP contribution in [0, 0.1) is 0 Å². The Morgan fingerprint density at radius 3 is 1.00 bits per heavy atom. The number of aliphatic carboxylic acids is 3. The van der Waals surface area contributed by atoms with E-state index in [4.69, 9.17) is 15.3 Å². The molecule has 0 aromatic rings. The number of carbonyl (C=O) groups is 3. The minimum atomic E-state index is -0.932. The number of quaternary nitrogens is 1. The lowest BCUT2D eigenvalue weighted by molar-refractivity contribution is -0.927. The van der Waals surface area contributed by atoms with Crippen molar-refractivity contribution in [2.75, 3.05) is 26.2 Å². The molecule has 0 aliphatic heterocycles. The van der Waals surface area contributed by atoms with Gasteiger partial charge < -0.3 is 19.8 Å². The van der Waals surface area contributed by atoms with Crippen molar-refractivity contribution in [1.29, 1.82) is 0 Å². The quantitative estimate of drug-likeness (QED) is 0.0530. The van der Waals surface area contributed by atoms with Crippen LogP contribution in [0.4, 0.5) is 0 Å². The van der Waals surface area contributed by atoms with Crippen LogP contribution in [-0.4, -0.2) is 63.9 Å². The molecule has 0 atom stereocenters. The van der Waals surface area contributed by atoms with Crippen molar-refractivity contribution in [2.24, 2.45) is 0 Å². The zero-order valence-corrected chi connectivity index (χ0v) is 23.5. The van der Waals surface area contributed by atoms with Gasteiger partial charge in [-0.3, -0.25) is 14.4 Å². The summed E-state index contributed by atoms with van der Waals surface area (Å²) in [6.45, 7) is 5.26. The largest absolute Gasteiger partial charge is 0.481 e. The van der Waals surface area contributed by atoms with Crippen molar-refractivity contribution in [1.82, 2.24) is 0 Å². The van der Waals surface area contributed by atoms with Crippen LogP contribution in [0.25, 0.3) is 0 Å². The summed E-state index contributed by atoms with van der Waals surface area (Å²) in [4.78, 5) is 33.4. The first-order valence-electron chi connectivity index (χ1n) is 14.9. The molecule has 7 nitrogen and oxygen atoms in total. The van der Waals surface area contributed by atoms with Gasteiger partial charge >= 0.3 is 17.9 Å². The standard InChI is InChI=1S/C30H55NO6/c1-2-3-4-5-6-7-8-9-10-11-12-13-14-15-16-17-18-19-20-24-31(25-21-28(32)33,26-22-29(34)35)27-23-30(36)37/h2H,1,3-27H2,(H2-,32,33,34,35,36,37)/p+1. The minimum absolute atomic E-state index is 0.0737. The molecule has 0 saturated carbocycles. The van der Waals surface area contributed by atoms with Crippen molar-refractivity contribution >= 4 is 17.9 Å². The average molecular weight is 527 g/mol. The van der Waals surface area contributed by atoms with E-state index >= 15 is 0 Å². The molecule has 37 heavy (non-hydrogen) atoms. The van der Waals surface area contributed by atoms with E-state index in [1.807, 2.05) is 6.08 Å². The number of unbranched alkanes of at least 4 members (excludes halogenated alkanes) is 17. The molecule has 0 aliphatic carbocycles. The molecule has 7 heteroatoms. The number of carboxylic acid groups (broad SMARTS) is 3. The van der Waals surface area contributed by atoms with E-state index < -0.39 is 17.9 Å². The van der Waals surface area contributed by atoms with Gasteiger partial charge in [0.1, 0.15) is 0 Å². The first-order valence-corrected chi connectivity index (χ1v) is 14.9. The number of allylic oxidation sites excluding steroid dienone is 1. The van der Waals surface area contributed by atoms with E-state index in [2.05, 4.69) is 6.58 Å². The highest BCUT2D eigenvalue weighted by Crippen LogP contribution is 2.17. The molecule has 0 aliphatic rings. The Morgan fingerprint density at radius 1 is 0.459 bits per heavy atom. The van der Waals surface area contributed by atoms with Crippen molar-refractivity contribution in [3.63, 3.8) is 0 Å². The Kier molecular flexibility index (Phi) is 23.2. The molecule has 0 rings (SSSR count). The van der Waals surface area contributed by atoms with Gasteiger partial charge in [-0.15, -0.1) is 6.58 Å².